The van der Waals surface area contributed by atoms with Crippen LogP contribution in [0.5, 0.6) is 5.75 Å². The van der Waals surface area contributed by atoms with Crippen molar-refractivity contribution in [1.82, 2.24) is 5.32 Å². The fraction of sp³-hybridized carbons (Fsp3) is 0.455. The Morgan fingerprint density at radius 1 is 1.31 bits per heavy atom. The Labute approximate surface area is 105 Å². The van der Waals surface area contributed by atoms with Gasteiger partial charge in [0.25, 0.3) is 0 Å². The molecule has 3 nitrogen and oxygen atoms in total. The summed E-state index contributed by atoms with van der Waals surface area (Å²) >= 11 is 11.7. The lowest BCUT2D eigenvalue weighted by atomic mass is 10.1. The van der Waals surface area contributed by atoms with Crippen molar-refractivity contribution >= 4 is 28.9 Å². The molecule has 5 heteroatoms. The van der Waals surface area contributed by atoms with Crippen LogP contribution in [0.2, 0.25) is 10.0 Å². The molecule has 0 aliphatic carbocycles. The van der Waals surface area contributed by atoms with E-state index in [1.165, 1.54) is 0 Å². The monoisotopic (exact) mass is 260 g/mol. The maximum atomic E-state index is 9.43. The minimum Gasteiger partial charge on any atom is -0.505 e. The first-order valence-corrected chi connectivity index (χ1v) is 6.07. The molecule has 1 unspecified atom stereocenters. The molecule has 0 amide bonds. The molecule has 0 radical (unpaired) electrons. The summed E-state index contributed by atoms with van der Waals surface area (Å²) in [6, 6.07) is 3.78. The minimum atomic E-state index is -0.0596. The van der Waals surface area contributed by atoms with Gasteiger partial charge in [0.2, 0.25) is 0 Å². The molecule has 1 fully saturated rings. The van der Waals surface area contributed by atoms with Gasteiger partial charge in [-0.25, -0.2) is 0 Å². The molecule has 1 aromatic carbocycles. The van der Waals surface area contributed by atoms with Crippen LogP contribution in [-0.2, 0) is 0 Å². The van der Waals surface area contributed by atoms with E-state index in [2.05, 4.69) is 10.6 Å². The number of nitrogens with one attached hydrogen (secondary N) is 2. The van der Waals surface area contributed by atoms with Gasteiger partial charge in [-0.1, -0.05) is 23.2 Å². The van der Waals surface area contributed by atoms with Crippen molar-refractivity contribution in [2.45, 2.75) is 18.9 Å². The number of rotatable bonds is 2. The molecule has 0 saturated carbocycles. The number of halogens is 2. The third kappa shape index (κ3) is 2.73. The highest BCUT2D eigenvalue weighted by molar-refractivity contribution is 6.37. The second kappa shape index (κ2) is 5.13. The van der Waals surface area contributed by atoms with Gasteiger partial charge in [0.1, 0.15) is 0 Å². The number of benzene rings is 1. The van der Waals surface area contributed by atoms with Crippen LogP contribution in [0.1, 0.15) is 12.8 Å². The molecule has 0 bridgehead atoms. The average molecular weight is 261 g/mol. The number of phenols is 1. The topological polar surface area (TPSA) is 44.3 Å². The lowest BCUT2D eigenvalue weighted by molar-refractivity contribution is 0.474. The third-order valence-corrected chi connectivity index (χ3v) is 3.26. The molecule has 16 heavy (non-hydrogen) atoms. The van der Waals surface area contributed by atoms with E-state index >= 15 is 0 Å². The Balaban J connectivity index is 2.09. The van der Waals surface area contributed by atoms with E-state index in [9.17, 15) is 5.11 Å². The summed E-state index contributed by atoms with van der Waals surface area (Å²) in [7, 11) is 0. The van der Waals surface area contributed by atoms with Gasteiger partial charge in [-0.3, -0.25) is 0 Å². The summed E-state index contributed by atoms with van der Waals surface area (Å²) in [4.78, 5) is 0. The van der Waals surface area contributed by atoms with Crippen LogP contribution in [0.3, 0.4) is 0 Å². The summed E-state index contributed by atoms with van der Waals surface area (Å²) in [5.74, 6) is -0.0596. The summed E-state index contributed by atoms with van der Waals surface area (Å²) in [6.45, 7) is 2.02. The summed E-state index contributed by atoms with van der Waals surface area (Å²) in [5.41, 5.74) is 0.849. The Kier molecular flexibility index (Phi) is 3.79. The molecule has 1 aliphatic heterocycles. The van der Waals surface area contributed by atoms with E-state index < -0.39 is 0 Å². The Morgan fingerprint density at radius 3 is 2.56 bits per heavy atom. The van der Waals surface area contributed by atoms with Gasteiger partial charge in [-0.15, -0.1) is 0 Å². The van der Waals surface area contributed by atoms with Crippen molar-refractivity contribution in [3.05, 3.63) is 22.2 Å². The van der Waals surface area contributed by atoms with Crippen LogP contribution in [-0.4, -0.2) is 24.2 Å². The lowest BCUT2D eigenvalue weighted by Gasteiger charge is -2.25. The molecule has 1 aliphatic rings. The van der Waals surface area contributed by atoms with Gasteiger partial charge < -0.3 is 15.7 Å². The SMILES string of the molecule is Oc1c(Cl)cc(NC2CCCNC2)cc1Cl. The average Bonchev–Trinajstić information content (AvgIpc) is 2.27. The summed E-state index contributed by atoms with van der Waals surface area (Å²) in [5, 5.41) is 16.7. The molecule has 1 heterocycles. The van der Waals surface area contributed by atoms with Crippen LogP contribution >= 0.6 is 23.2 Å². The minimum absolute atomic E-state index is 0.0596. The van der Waals surface area contributed by atoms with E-state index in [-0.39, 0.29) is 15.8 Å². The summed E-state index contributed by atoms with van der Waals surface area (Å²) in [6.07, 6.45) is 2.29. The van der Waals surface area contributed by atoms with Crippen LogP contribution in [0, 0.1) is 0 Å². The number of phenolic OH excluding ortho intramolecular Hbond substituents is 1. The molecular weight excluding hydrogens is 247 g/mol. The van der Waals surface area contributed by atoms with Crippen molar-refractivity contribution in [2.24, 2.45) is 0 Å². The quantitative estimate of drug-likeness (QED) is 0.717. The van der Waals surface area contributed by atoms with Crippen molar-refractivity contribution in [3.63, 3.8) is 0 Å². The first-order valence-electron chi connectivity index (χ1n) is 5.32. The largest absolute Gasteiger partial charge is 0.505 e. The fourth-order valence-electron chi connectivity index (χ4n) is 1.86. The second-order valence-corrected chi connectivity index (χ2v) is 4.79. The smallest absolute Gasteiger partial charge is 0.152 e. The maximum Gasteiger partial charge on any atom is 0.152 e. The molecule has 88 valence electrons. The van der Waals surface area contributed by atoms with Gasteiger partial charge in [-0.2, -0.15) is 0 Å². The highest BCUT2D eigenvalue weighted by Gasteiger charge is 2.14. The summed E-state index contributed by atoms with van der Waals surface area (Å²) < 4.78 is 0. The van der Waals surface area contributed by atoms with E-state index in [1.807, 2.05) is 0 Å². The first kappa shape index (κ1) is 11.8. The second-order valence-electron chi connectivity index (χ2n) is 3.98. The van der Waals surface area contributed by atoms with Gasteiger partial charge in [-0.05, 0) is 31.5 Å². The Morgan fingerprint density at radius 2 is 2.00 bits per heavy atom. The molecule has 3 N–H and O–H groups in total. The zero-order chi connectivity index (χ0) is 11.5. The first-order chi connectivity index (χ1) is 7.66. The zero-order valence-corrected chi connectivity index (χ0v) is 10.3. The normalized spacial score (nSPS) is 20.8. The van der Waals surface area contributed by atoms with Crippen molar-refractivity contribution in [3.8, 4) is 5.75 Å². The highest BCUT2D eigenvalue weighted by Crippen LogP contribution is 2.34. The lowest BCUT2D eigenvalue weighted by Crippen LogP contribution is -2.38. The Bertz CT molecular complexity index is 355. The standard InChI is InChI=1S/C11H14Cl2N2O/c12-9-4-8(5-10(13)11(9)16)15-7-2-1-3-14-6-7/h4-5,7,14-16H,1-3,6H2. The van der Waals surface area contributed by atoms with E-state index in [1.54, 1.807) is 12.1 Å². The molecule has 1 atom stereocenters. The van der Waals surface area contributed by atoms with E-state index in [4.69, 9.17) is 23.2 Å². The van der Waals surface area contributed by atoms with Crippen molar-refractivity contribution < 1.29 is 5.11 Å². The van der Waals surface area contributed by atoms with Crippen LogP contribution < -0.4 is 10.6 Å². The van der Waals surface area contributed by atoms with Gasteiger partial charge in [0.15, 0.2) is 5.75 Å². The van der Waals surface area contributed by atoms with Gasteiger partial charge in [0, 0.05) is 18.3 Å². The predicted octanol–water partition coefficient (Wildman–Crippen LogP) is 2.86. The van der Waals surface area contributed by atoms with Gasteiger partial charge >= 0.3 is 0 Å². The van der Waals surface area contributed by atoms with Crippen molar-refractivity contribution in [1.29, 1.82) is 0 Å². The van der Waals surface area contributed by atoms with E-state index in [0.717, 1.165) is 31.6 Å². The molecule has 0 aromatic heterocycles. The Hall–Kier alpha value is -0.640. The number of aromatic hydroxyl groups is 1. The molecule has 2 rings (SSSR count). The maximum absolute atomic E-state index is 9.43. The highest BCUT2D eigenvalue weighted by atomic mass is 35.5. The van der Waals surface area contributed by atoms with Crippen LogP contribution in [0.15, 0.2) is 12.1 Å². The number of hydrogen-bond acceptors (Lipinski definition) is 3. The number of piperidine rings is 1. The van der Waals surface area contributed by atoms with Crippen molar-refractivity contribution in [2.75, 3.05) is 18.4 Å². The number of hydrogen-bond donors (Lipinski definition) is 3. The van der Waals surface area contributed by atoms with Crippen LogP contribution in [0.25, 0.3) is 0 Å². The molecule has 0 spiro atoms. The van der Waals surface area contributed by atoms with E-state index in [0.29, 0.717) is 6.04 Å². The number of anilines is 1. The predicted molar refractivity (Wildman–Crippen MR) is 67.6 cm³/mol. The molecule has 1 saturated heterocycles. The molecular formula is C11H14Cl2N2O. The van der Waals surface area contributed by atoms with Crippen LogP contribution in [0.4, 0.5) is 5.69 Å². The molecule has 1 aromatic rings. The van der Waals surface area contributed by atoms with Gasteiger partial charge in [0.05, 0.1) is 10.0 Å². The zero-order valence-electron chi connectivity index (χ0n) is 8.76. The fourth-order valence-corrected chi connectivity index (χ4v) is 2.35. The third-order valence-electron chi connectivity index (χ3n) is 2.68.